The Balaban J connectivity index is 1.21. The van der Waals surface area contributed by atoms with Gasteiger partial charge in [-0.2, -0.15) is 0 Å². The van der Waals surface area contributed by atoms with Crippen LogP contribution < -0.4 is 5.32 Å². The first-order valence-electron chi connectivity index (χ1n) is 10.2. The van der Waals surface area contributed by atoms with Crippen LogP contribution in [0.15, 0.2) is 29.2 Å². The summed E-state index contributed by atoms with van der Waals surface area (Å²) in [6, 6.07) is 1.46. The van der Waals surface area contributed by atoms with Crippen molar-refractivity contribution in [2.45, 2.75) is 62.8 Å². The quantitative estimate of drug-likeness (QED) is 0.846. The summed E-state index contributed by atoms with van der Waals surface area (Å²) in [7, 11) is 0. The summed E-state index contributed by atoms with van der Waals surface area (Å²) in [5.74, 6) is 0.558. The monoisotopic (exact) mass is 386 g/mol. The number of carbonyl (C=O) groups is 1. The fraction of sp³-hybridized carbons (Fsp3) is 0.650. The fourth-order valence-electron chi connectivity index (χ4n) is 4.73. The molecule has 4 atom stereocenters. The Morgan fingerprint density at radius 2 is 2.04 bits per heavy atom. The summed E-state index contributed by atoms with van der Waals surface area (Å²) in [6.45, 7) is 0.943. The maximum atomic E-state index is 12.3. The first-order chi connectivity index (χ1) is 13.8. The van der Waals surface area contributed by atoms with Gasteiger partial charge in [-0.05, 0) is 18.4 Å². The highest BCUT2D eigenvalue weighted by Crippen LogP contribution is 2.34. The van der Waals surface area contributed by atoms with Crippen LogP contribution in [0.3, 0.4) is 0 Å². The largest absolute Gasteiger partial charge is 0.472 e. The van der Waals surface area contributed by atoms with Crippen LogP contribution >= 0.6 is 0 Å². The van der Waals surface area contributed by atoms with Gasteiger partial charge in [0.25, 0.3) is 5.91 Å². The van der Waals surface area contributed by atoms with E-state index < -0.39 is 0 Å². The van der Waals surface area contributed by atoms with Crippen LogP contribution in [0.4, 0.5) is 0 Å². The molecule has 28 heavy (non-hydrogen) atoms. The molecule has 5 rings (SSSR count). The number of nitrogens with one attached hydrogen (secondary N) is 1. The summed E-state index contributed by atoms with van der Waals surface area (Å²) < 4.78 is 18.8. The van der Waals surface area contributed by atoms with Gasteiger partial charge in [-0.1, -0.05) is 37.3 Å². The number of aromatic nitrogens is 3. The van der Waals surface area contributed by atoms with Gasteiger partial charge in [0.05, 0.1) is 36.8 Å². The number of hydrogen-bond donors (Lipinski definition) is 1. The molecule has 3 aliphatic rings. The third kappa shape index (κ3) is 3.46. The molecular formula is C20H26N4O4. The Labute approximate surface area is 163 Å². The van der Waals surface area contributed by atoms with Gasteiger partial charge in [-0.25, -0.2) is 4.68 Å². The van der Waals surface area contributed by atoms with Gasteiger partial charge in [0.2, 0.25) is 0 Å². The van der Waals surface area contributed by atoms with Crippen molar-refractivity contribution >= 4 is 5.91 Å². The maximum Gasteiger partial charge on any atom is 0.254 e. The lowest BCUT2D eigenvalue weighted by molar-refractivity contribution is 0.0613. The Morgan fingerprint density at radius 3 is 2.86 bits per heavy atom. The lowest BCUT2D eigenvalue weighted by Crippen LogP contribution is -2.44. The molecule has 1 N–H and O–H groups in total. The smallest absolute Gasteiger partial charge is 0.254 e. The minimum atomic E-state index is -0.178. The van der Waals surface area contributed by atoms with Crippen LogP contribution in [0.2, 0.25) is 0 Å². The molecule has 0 bridgehead atoms. The van der Waals surface area contributed by atoms with Crippen molar-refractivity contribution < 1.29 is 18.7 Å². The molecule has 1 amide bonds. The number of carbonyl (C=O) groups excluding carboxylic acids is 1. The van der Waals surface area contributed by atoms with Crippen molar-refractivity contribution in [1.29, 1.82) is 0 Å². The van der Waals surface area contributed by atoms with E-state index in [9.17, 15) is 4.79 Å². The zero-order valence-electron chi connectivity index (χ0n) is 15.8. The van der Waals surface area contributed by atoms with E-state index in [0.717, 1.165) is 18.0 Å². The molecule has 150 valence electrons. The first-order valence-corrected chi connectivity index (χ1v) is 10.2. The number of rotatable bonds is 5. The molecule has 8 heteroatoms. The van der Waals surface area contributed by atoms with E-state index in [-0.39, 0.29) is 30.2 Å². The van der Waals surface area contributed by atoms with E-state index in [0.29, 0.717) is 18.8 Å². The van der Waals surface area contributed by atoms with Gasteiger partial charge < -0.3 is 19.2 Å². The molecule has 2 saturated heterocycles. The fourth-order valence-corrected chi connectivity index (χ4v) is 4.73. The number of furan rings is 1. The van der Waals surface area contributed by atoms with E-state index >= 15 is 0 Å². The van der Waals surface area contributed by atoms with Crippen LogP contribution in [0.25, 0.3) is 0 Å². The molecule has 0 spiro atoms. The van der Waals surface area contributed by atoms with E-state index in [2.05, 4.69) is 15.6 Å². The standard InChI is InChI=1S/C20H26N4O4/c25-20(14-6-7-26-10-14)21-16-11-27-19-17(12-28-18(16)19)24-9-15(22-23-24)8-13-4-2-1-3-5-13/h6-7,9-10,13,16-19H,1-5,8,11-12H2,(H,21,25). The highest BCUT2D eigenvalue weighted by atomic mass is 16.6. The Kier molecular flexibility index (Phi) is 4.90. The highest BCUT2D eigenvalue weighted by Gasteiger charge is 2.49. The summed E-state index contributed by atoms with van der Waals surface area (Å²) in [4.78, 5) is 12.3. The molecule has 1 saturated carbocycles. The minimum Gasteiger partial charge on any atom is -0.472 e. The molecule has 0 radical (unpaired) electrons. The highest BCUT2D eigenvalue weighted by molar-refractivity contribution is 5.94. The Bertz CT molecular complexity index is 799. The predicted octanol–water partition coefficient (Wildman–Crippen LogP) is 2.13. The average Bonchev–Trinajstić information content (AvgIpc) is 3.49. The lowest BCUT2D eigenvalue weighted by atomic mass is 9.86. The van der Waals surface area contributed by atoms with Crippen molar-refractivity contribution in [1.82, 2.24) is 20.3 Å². The van der Waals surface area contributed by atoms with Crippen LogP contribution in [0, 0.1) is 5.92 Å². The van der Waals surface area contributed by atoms with Crippen LogP contribution in [-0.4, -0.2) is 52.4 Å². The Hall–Kier alpha value is -2.19. The zero-order valence-corrected chi connectivity index (χ0v) is 15.8. The van der Waals surface area contributed by atoms with Crippen LogP contribution in [-0.2, 0) is 15.9 Å². The summed E-state index contributed by atoms with van der Waals surface area (Å²) in [6.07, 6.45) is 12.3. The Morgan fingerprint density at radius 1 is 1.18 bits per heavy atom. The van der Waals surface area contributed by atoms with Gasteiger partial charge in [-0.3, -0.25) is 4.79 Å². The van der Waals surface area contributed by atoms with E-state index in [1.807, 2.05) is 10.9 Å². The first kappa shape index (κ1) is 17.9. The molecule has 2 aliphatic heterocycles. The SMILES string of the molecule is O=C(NC1COC2C1OCC2n1cc(CC2CCCCC2)nn1)c1ccoc1. The topological polar surface area (TPSA) is 91.4 Å². The van der Waals surface area contributed by atoms with Crippen molar-refractivity contribution in [2.75, 3.05) is 13.2 Å². The predicted molar refractivity (Wildman–Crippen MR) is 98.8 cm³/mol. The maximum absolute atomic E-state index is 12.3. The van der Waals surface area contributed by atoms with Gasteiger partial charge in [0.15, 0.2) is 0 Å². The normalized spacial score (nSPS) is 30.4. The third-order valence-corrected chi connectivity index (χ3v) is 6.25. The van der Waals surface area contributed by atoms with E-state index in [1.165, 1.54) is 44.6 Å². The number of ether oxygens (including phenoxy) is 2. The van der Waals surface area contributed by atoms with Crippen LogP contribution in [0.5, 0.6) is 0 Å². The molecular weight excluding hydrogens is 360 g/mol. The summed E-state index contributed by atoms with van der Waals surface area (Å²) >= 11 is 0. The third-order valence-electron chi connectivity index (χ3n) is 6.25. The van der Waals surface area contributed by atoms with Crippen molar-refractivity contribution in [3.05, 3.63) is 36.0 Å². The summed E-state index contributed by atoms with van der Waals surface area (Å²) in [5, 5.41) is 11.7. The number of hydrogen-bond acceptors (Lipinski definition) is 6. The zero-order chi connectivity index (χ0) is 18.9. The lowest BCUT2D eigenvalue weighted by Gasteiger charge is -2.20. The molecule has 0 aromatic carbocycles. The second-order valence-corrected chi connectivity index (χ2v) is 8.15. The average molecular weight is 386 g/mol. The van der Waals surface area contributed by atoms with Crippen molar-refractivity contribution in [2.24, 2.45) is 5.92 Å². The molecule has 2 aromatic rings. The van der Waals surface area contributed by atoms with Crippen LogP contribution in [0.1, 0.15) is 54.2 Å². The molecule has 3 fully saturated rings. The molecule has 2 aromatic heterocycles. The second-order valence-electron chi connectivity index (χ2n) is 8.15. The van der Waals surface area contributed by atoms with Gasteiger partial charge in [0, 0.05) is 6.20 Å². The van der Waals surface area contributed by atoms with Gasteiger partial charge in [0.1, 0.15) is 24.5 Å². The van der Waals surface area contributed by atoms with E-state index in [4.69, 9.17) is 13.9 Å². The molecule has 4 unspecified atom stereocenters. The van der Waals surface area contributed by atoms with E-state index in [1.54, 1.807) is 6.07 Å². The van der Waals surface area contributed by atoms with Gasteiger partial charge in [-0.15, -0.1) is 5.10 Å². The van der Waals surface area contributed by atoms with Crippen molar-refractivity contribution in [3.8, 4) is 0 Å². The second kappa shape index (κ2) is 7.67. The van der Waals surface area contributed by atoms with Crippen molar-refractivity contribution in [3.63, 3.8) is 0 Å². The molecule has 4 heterocycles. The number of amides is 1. The van der Waals surface area contributed by atoms with Gasteiger partial charge >= 0.3 is 0 Å². The summed E-state index contributed by atoms with van der Waals surface area (Å²) in [5.41, 5.74) is 1.56. The minimum absolute atomic E-state index is 0.00608. The molecule has 1 aliphatic carbocycles. The molecule has 8 nitrogen and oxygen atoms in total. The number of fused-ring (bicyclic) bond motifs is 1. The number of nitrogens with zero attached hydrogens (tertiary/aromatic N) is 3.